The van der Waals surface area contributed by atoms with E-state index in [4.69, 9.17) is 0 Å². The lowest BCUT2D eigenvalue weighted by atomic mass is 9.85. The van der Waals surface area contributed by atoms with Crippen molar-refractivity contribution in [1.29, 1.82) is 0 Å². The number of para-hydroxylation sites is 3. The van der Waals surface area contributed by atoms with Gasteiger partial charge in [-0.05, 0) is 29.2 Å². The molecule has 2 aromatic rings. The van der Waals surface area contributed by atoms with Gasteiger partial charge in [0.15, 0.2) is 11.5 Å². The normalized spacial score (nSPS) is 12.0. The molecule has 0 spiro atoms. The first-order valence-corrected chi connectivity index (χ1v) is 8.38. The van der Waals surface area contributed by atoms with Crippen LogP contribution in [0.3, 0.4) is 0 Å². The monoisotopic (exact) mass is 346 g/mol. The van der Waals surface area contributed by atoms with Crippen LogP contribution in [0.5, 0.6) is 0 Å². The highest BCUT2D eigenvalue weighted by atomic mass is 16.2. The fraction of sp³-hybridized carbons (Fsp3) is 0.200. The Hall–Kier alpha value is -3.28. The van der Waals surface area contributed by atoms with Gasteiger partial charge in [0, 0.05) is 0 Å². The summed E-state index contributed by atoms with van der Waals surface area (Å²) in [7, 11) is 0. The van der Waals surface area contributed by atoms with Crippen molar-refractivity contribution in [3.8, 4) is 17.2 Å². The first-order chi connectivity index (χ1) is 12.4. The van der Waals surface area contributed by atoms with Crippen molar-refractivity contribution in [2.45, 2.75) is 26.2 Å². The van der Waals surface area contributed by atoms with Crippen molar-refractivity contribution in [2.75, 3.05) is 0 Å². The van der Waals surface area contributed by atoms with E-state index in [1.165, 1.54) is 0 Å². The van der Waals surface area contributed by atoms with Crippen LogP contribution in [0.4, 0.5) is 0 Å². The molecule has 2 aliphatic heterocycles. The number of benzene rings is 2. The first-order valence-electron chi connectivity index (χ1n) is 8.38. The Labute approximate surface area is 149 Å². The Morgan fingerprint density at radius 3 is 2.38 bits per heavy atom. The van der Waals surface area contributed by atoms with E-state index in [1.807, 2.05) is 47.0 Å². The van der Waals surface area contributed by atoms with Crippen LogP contribution in [0, 0.1) is 0 Å². The number of H-pyrrole nitrogens is 1. The number of nitrogens with one attached hydrogen (secondary N) is 1. The van der Waals surface area contributed by atoms with Crippen molar-refractivity contribution in [3.05, 3.63) is 74.9 Å². The molecule has 1 N–H and O–H groups in total. The molecule has 0 fully saturated rings. The second-order valence-corrected chi connectivity index (χ2v) is 7.25. The second kappa shape index (κ2) is 5.62. The Kier molecular flexibility index (Phi) is 3.50. The minimum atomic E-state index is -0.679. The fourth-order valence-electron chi connectivity index (χ4n) is 3.22. The van der Waals surface area contributed by atoms with Gasteiger partial charge in [0.1, 0.15) is 0 Å². The highest BCUT2D eigenvalue weighted by Gasteiger charge is 2.24. The number of hydrogen-bond acceptors (Lipinski definition) is 4. The maximum atomic E-state index is 12.3. The predicted molar refractivity (Wildman–Crippen MR) is 101 cm³/mol. The molecule has 0 bridgehead atoms. The topological polar surface area (TPSA) is 80.6 Å². The molecule has 4 rings (SSSR count). The molecule has 0 radical (unpaired) electrons. The number of aromatic nitrogens is 4. The van der Waals surface area contributed by atoms with Gasteiger partial charge in [-0.25, -0.2) is 9.78 Å². The van der Waals surface area contributed by atoms with Gasteiger partial charge >= 0.3 is 5.69 Å². The van der Waals surface area contributed by atoms with Crippen LogP contribution in [0.15, 0.2) is 58.1 Å². The standard InChI is InChI=1S/C20H18N4O2/c1-20(2,3)12-8-4-6-10-14(12)24-15-11-7-5-9-13(15)21-16-17(24)22-19(26)23-18(16)25/h4-11H,1-3H3,(H,23,25,26). The zero-order valence-corrected chi connectivity index (χ0v) is 14.8. The highest BCUT2D eigenvalue weighted by Crippen LogP contribution is 2.32. The minimum Gasteiger partial charge on any atom is -0.290 e. The molecule has 0 aromatic heterocycles. The summed E-state index contributed by atoms with van der Waals surface area (Å²) in [6.45, 7) is 6.37. The van der Waals surface area contributed by atoms with Gasteiger partial charge in [0.05, 0.1) is 16.7 Å². The summed E-state index contributed by atoms with van der Waals surface area (Å²) in [6, 6.07) is 15.5. The van der Waals surface area contributed by atoms with Crippen molar-refractivity contribution in [2.24, 2.45) is 0 Å². The fourth-order valence-corrected chi connectivity index (χ4v) is 3.22. The van der Waals surface area contributed by atoms with Gasteiger partial charge in [-0.1, -0.05) is 51.1 Å². The van der Waals surface area contributed by atoms with Crippen LogP contribution in [0.1, 0.15) is 26.3 Å². The third-order valence-corrected chi connectivity index (χ3v) is 4.37. The van der Waals surface area contributed by atoms with E-state index in [1.54, 1.807) is 0 Å². The Balaban J connectivity index is 2.26. The molecular formula is C20H18N4O2. The molecule has 0 aliphatic carbocycles. The average molecular weight is 346 g/mol. The van der Waals surface area contributed by atoms with Crippen LogP contribution >= 0.6 is 0 Å². The predicted octanol–water partition coefficient (Wildman–Crippen LogP) is 2.87. The molecule has 2 aliphatic rings. The van der Waals surface area contributed by atoms with Crippen LogP contribution in [0.25, 0.3) is 28.2 Å². The molecule has 0 saturated heterocycles. The van der Waals surface area contributed by atoms with Crippen molar-refractivity contribution in [1.82, 2.24) is 19.5 Å². The van der Waals surface area contributed by atoms with Gasteiger partial charge in [0.2, 0.25) is 0 Å². The summed E-state index contributed by atoms with van der Waals surface area (Å²) in [5, 5.41) is 0. The van der Waals surface area contributed by atoms with Gasteiger partial charge in [-0.2, -0.15) is 4.98 Å². The van der Waals surface area contributed by atoms with E-state index < -0.39 is 11.2 Å². The maximum Gasteiger partial charge on any atom is 0.349 e. The summed E-state index contributed by atoms with van der Waals surface area (Å²) in [5.41, 5.74) is 2.20. The van der Waals surface area contributed by atoms with Gasteiger partial charge in [-0.3, -0.25) is 14.3 Å². The number of fused-ring (bicyclic) bond motifs is 2. The van der Waals surface area contributed by atoms with Crippen LogP contribution in [0.2, 0.25) is 0 Å². The number of nitrogens with zero attached hydrogens (tertiary/aromatic N) is 3. The third-order valence-electron chi connectivity index (χ3n) is 4.37. The van der Waals surface area contributed by atoms with Gasteiger partial charge in [-0.15, -0.1) is 0 Å². The van der Waals surface area contributed by atoms with Crippen LogP contribution in [-0.2, 0) is 5.41 Å². The quantitative estimate of drug-likeness (QED) is 0.537. The Morgan fingerprint density at radius 1 is 0.923 bits per heavy atom. The van der Waals surface area contributed by atoms with Crippen molar-refractivity contribution in [3.63, 3.8) is 0 Å². The molecule has 130 valence electrons. The van der Waals surface area contributed by atoms with Crippen LogP contribution in [-0.4, -0.2) is 19.5 Å². The lowest BCUT2D eigenvalue weighted by Gasteiger charge is -2.26. The summed E-state index contributed by atoms with van der Waals surface area (Å²) in [5.74, 6) is 0.258. The van der Waals surface area contributed by atoms with Gasteiger partial charge in [0.25, 0.3) is 5.56 Å². The molecule has 2 aromatic carbocycles. The molecule has 26 heavy (non-hydrogen) atoms. The number of aromatic amines is 1. The molecule has 6 nitrogen and oxygen atoms in total. The molecule has 6 heteroatoms. The van der Waals surface area contributed by atoms with Crippen LogP contribution < -0.4 is 11.2 Å². The van der Waals surface area contributed by atoms with Crippen molar-refractivity contribution < 1.29 is 0 Å². The highest BCUT2D eigenvalue weighted by molar-refractivity contribution is 5.82. The average Bonchev–Trinajstić information content (AvgIpc) is 2.59. The number of rotatable bonds is 1. The van der Waals surface area contributed by atoms with Gasteiger partial charge < -0.3 is 0 Å². The van der Waals surface area contributed by atoms with Crippen molar-refractivity contribution >= 4 is 11.0 Å². The Morgan fingerprint density at radius 2 is 1.62 bits per heavy atom. The zero-order chi connectivity index (χ0) is 18.5. The lowest BCUT2D eigenvalue weighted by Crippen LogP contribution is -2.29. The molecular weight excluding hydrogens is 328 g/mol. The number of hydrogen-bond donors (Lipinski definition) is 1. The minimum absolute atomic E-state index is 0.137. The summed E-state index contributed by atoms with van der Waals surface area (Å²) in [4.78, 5) is 34.9. The first kappa shape index (κ1) is 16.2. The summed E-state index contributed by atoms with van der Waals surface area (Å²) < 4.78 is 1.86. The van der Waals surface area contributed by atoms with E-state index in [2.05, 4.69) is 41.8 Å². The smallest absolute Gasteiger partial charge is 0.290 e. The van der Waals surface area contributed by atoms with E-state index in [-0.39, 0.29) is 16.9 Å². The molecule has 2 heterocycles. The Bertz CT molecular complexity index is 1210. The van der Waals surface area contributed by atoms with E-state index in [9.17, 15) is 9.59 Å². The lowest BCUT2D eigenvalue weighted by molar-refractivity contribution is 0.586. The summed E-state index contributed by atoms with van der Waals surface area (Å²) in [6.07, 6.45) is 0. The molecule has 0 unspecified atom stereocenters. The molecule has 0 atom stereocenters. The largest absolute Gasteiger partial charge is 0.349 e. The summed E-state index contributed by atoms with van der Waals surface area (Å²) >= 11 is 0. The maximum absolute atomic E-state index is 12.3. The third kappa shape index (κ3) is 2.50. The van der Waals surface area contributed by atoms with E-state index >= 15 is 0 Å². The second-order valence-electron chi connectivity index (χ2n) is 7.25. The zero-order valence-electron chi connectivity index (χ0n) is 14.8. The molecule has 0 amide bonds. The van der Waals surface area contributed by atoms with E-state index in [0.717, 1.165) is 16.8 Å². The SMILES string of the molecule is CC(C)(C)c1ccccc1-n1c2nc(=O)[nH]c(=O)c-2nc2ccccc21. The molecule has 0 saturated carbocycles. The van der Waals surface area contributed by atoms with E-state index in [0.29, 0.717) is 5.52 Å².